The smallest absolute Gasteiger partial charge is 0.166 e. The minimum atomic E-state index is -1.94. The summed E-state index contributed by atoms with van der Waals surface area (Å²) in [5, 5.41) is 17.5. The Bertz CT molecular complexity index is 556. The molecule has 18 heavy (non-hydrogen) atoms. The first kappa shape index (κ1) is 13.2. The van der Waals surface area contributed by atoms with Gasteiger partial charge >= 0.3 is 0 Å². The molecular weight excluding hydrogens is 301 g/mol. The lowest BCUT2D eigenvalue weighted by atomic mass is 9.91. The summed E-state index contributed by atoms with van der Waals surface area (Å²) >= 11 is 3.29. The zero-order valence-corrected chi connectivity index (χ0v) is 11.6. The molecule has 1 heterocycles. The topological polar surface area (TPSA) is 50.9 Å². The summed E-state index contributed by atoms with van der Waals surface area (Å²) in [6.45, 7) is 1.33. The van der Waals surface area contributed by atoms with Gasteiger partial charge in [0.2, 0.25) is 0 Å². The maximum absolute atomic E-state index is 14.8. The van der Waals surface area contributed by atoms with Gasteiger partial charge in [-0.05, 0) is 24.6 Å². The van der Waals surface area contributed by atoms with Gasteiger partial charge in [0, 0.05) is 11.5 Å². The second-order valence-electron chi connectivity index (χ2n) is 4.29. The molecule has 0 saturated heterocycles. The van der Waals surface area contributed by atoms with Gasteiger partial charge in [0.05, 0.1) is 0 Å². The largest absolute Gasteiger partial charge is 0.381 e. The molecule has 1 N–H and O–H groups in total. The molecule has 0 aliphatic heterocycles. The van der Waals surface area contributed by atoms with Gasteiger partial charge in [-0.1, -0.05) is 28.1 Å². The zero-order chi connectivity index (χ0) is 13.3. The summed E-state index contributed by atoms with van der Waals surface area (Å²) in [4.78, 5) is 0. The minimum Gasteiger partial charge on any atom is -0.381 e. The number of aliphatic hydroxyl groups is 1. The van der Waals surface area contributed by atoms with Crippen LogP contribution in [0.15, 0.2) is 35.1 Å². The van der Waals surface area contributed by atoms with Gasteiger partial charge in [-0.25, -0.2) is 4.39 Å². The third-order valence-corrected chi connectivity index (χ3v) is 3.39. The summed E-state index contributed by atoms with van der Waals surface area (Å²) in [7, 11) is 1.66. The summed E-state index contributed by atoms with van der Waals surface area (Å²) < 4.78 is 17.0. The number of aromatic nitrogens is 3. The van der Waals surface area contributed by atoms with E-state index in [9.17, 15) is 9.50 Å². The zero-order valence-electron chi connectivity index (χ0n) is 10.0. The van der Waals surface area contributed by atoms with Crippen LogP contribution < -0.4 is 0 Å². The molecule has 0 spiro atoms. The number of rotatable bonds is 3. The van der Waals surface area contributed by atoms with Gasteiger partial charge in [-0.3, -0.25) is 0 Å². The van der Waals surface area contributed by atoms with Crippen molar-refractivity contribution in [2.24, 2.45) is 7.05 Å². The van der Waals surface area contributed by atoms with Crippen LogP contribution in [0.25, 0.3) is 0 Å². The number of hydrogen-bond donors (Lipinski definition) is 1. The second kappa shape index (κ2) is 4.78. The average molecular weight is 314 g/mol. The molecule has 0 fully saturated rings. The first-order valence-corrected chi connectivity index (χ1v) is 6.19. The van der Waals surface area contributed by atoms with Gasteiger partial charge < -0.3 is 9.67 Å². The van der Waals surface area contributed by atoms with E-state index in [4.69, 9.17) is 0 Å². The third-order valence-electron chi connectivity index (χ3n) is 2.89. The molecule has 2 atom stereocenters. The van der Waals surface area contributed by atoms with E-state index in [0.717, 1.165) is 4.47 Å². The van der Waals surface area contributed by atoms with Gasteiger partial charge in [0.15, 0.2) is 17.6 Å². The number of aliphatic hydroxyl groups excluding tert-OH is 1. The maximum Gasteiger partial charge on any atom is 0.166 e. The molecule has 0 aliphatic carbocycles. The molecule has 4 nitrogen and oxygen atoms in total. The lowest BCUT2D eigenvalue weighted by molar-refractivity contribution is -0.00874. The van der Waals surface area contributed by atoms with E-state index in [0.29, 0.717) is 5.56 Å². The Labute approximate surface area is 113 Å². The summed E-state index contributed by atoms with van der Waals surface area (Å²) in [6, 6.07) is 6.79. The van der Waals surface area contributed by atoms with Crippen molar-refractivity contribution >= 4 is 15.9 Å². The Balaban J connectivity index is 2.39. The highest BCUT2D eigenvalue weighted by molar-refractivity contribution is 9.10. The maximum atomic E-state index is 14.8. The van der Waals surface area contributed by atoms with E-state index in [1.165, 1.54) is 17.8 Å². The highest BCUT2D eigenvalue weighted by atomic mass is 79.9. The first-order chi connectivity index (χ1) is 8.43. The molecular formula is C12H13BrFN3O. The van der Waals surface area contributed by atoms with Crippen molar-refractivity contribution in [1.29, 1.82) is 0 Å². The van der Waals surface area contributed by atoms with E-state index in [2.05, 4.69) is 26.1 Å². The molecule has 2 unspecified atom stereocenters. The Morgan fingerprint density at radius 3 is 2.78 bits per heavy atom. The van der Waals surface area contributed by atoms with Crippen molar-refractivity contribution in [3.05, 3.63) is 46.5 Å². The fraction of sp³-hybridized carbons (Fsp3) is 0.333. The van der Waals surface area contributed by atoms with Crippen LogP contribution in [0.3, 0.4) is 0 Å². The van der Waals surface area contributed by atoms with Crippen LogP contribution in [0.5, 0.6) is 0 Å². The van der Waals surface area contributed by atoms with Crippen molar-refractivity contribution in [3.63, 3.8) is 0 Å². The molecule has 0 amide bonds. The van der Waals surface area contributed by atoms with Crippen LogP contribution in [0.1, 0.15) is 24.4 Å². The molecule has 0 radical (unpaired) electrons. The highest BCUT2D eigenvalue weighted by Crippen LogP contribution is 2.38. The predicted molar refractivity (Wildman–Crippen MR) is 68.6 cm³/mol. The highest BCUT2D eigenvalue weighted by Gasteiger charge is 2.38. The predicted octanol–water partition coefficient (Wildman–Crippen LogP) is 2.50. The molecule has 6 heteroatoms. The second-order valence-corrected chi connectivity index (χ2v) is 5.20. The molecule has 1 aromatic heterocycles. The van der Waals surface area contributed by atoms with E-state index in [1.54, 1.807) is 31.3 Å². The van der Waals surface area contributed by atoms with E-state index in [1.807, 2.05) is 0 Å². The fourth-order valence-corrected chi connectivity index (χ4v) is 2.13. The number of aryl methyl sites for hydroxylation is 1. The molecule has 1 aromatic carbocycles. The standard InChI is InChI=1S/C12H13BrFN3O/c1-12(14,8-4-3-5-9(13)6-8)10(18)11-16-15-7-17(11)2/h3-7,10,18H,1-2H3. The van der Waals surface area contributed by atoms with Crippen molar-refractivity contribution in [2.45, 2.75) is 18.7 Å². The molecule has 0 saturated carbocycles. The van der Waals surface area contributed by atoms with Crippen LogP contribution in [0, 0.1) is 0 Å². The third kappa shape index (κ3) is 2.30. The van der Waals surface area contributed by atoms with Crippen molar-refractivity contribution < 1.29 is 9.50 Å². The SMILES string of the molecule is Cn1cnnc1C(O)C(C)(F)c1cccc(Br)c1. The van der Waals surface area contributed by atoms with Crippen LogP contribution in [0.2, 0.25) is 0 Å². The van der Waals surface area contributed by atoms with Gasteiger partial charge in [0.25, 0.3) is 0 Å². The minimum absolute atomic E-state index is 0.194. The van der Waals surface area contributed by atoms with Crippen molar-refractivity contribution in [3.8, 4) is 0 Å². The van der Waals surface area contributed by atoms with E-state index < -0.39 is 11.8 Å². The molecule has 2 aromatic rings. The van der Waals surface area contributed by atoms with E-state index in [-0.39, 0.29) is 5.82 Å². The Morgan fingerprint density at radius 2 is 2.22 bits per heavy atom. The number of benzene rings is 1. The normalized spacial score (nSPS) is 16.3. The molecule has 2 rings (SSSR count). The molecule has 96 valence electrons. The van der Waals surface area contributed by atoms with Crippen LogP contribution in [-0.2, 0) is 12.7 Å². The Hall–Kier alpha value is -1.27. The van der Waals surface area contributed by atoms with Crippen LogP contribution >= 0.6 is 15.9 Å². The van der Waals surface area contributed by atoms with Gasteiger partial charge in [-0.2, -0.15) is 0 Å². The average Bonchev–Trinajstić information content (AvgIpc) is 2.74. The van der Waals surface area contributed by atoms with E-state index >= 15 is 0 Å². The summed E-state index contributed by atoms with van der Waals surface area (Å²) in [5.41, 5.74) is -1.56. The number of alkyl halides is 1. The quantitative estimate of drug-likeness (QED) is 0.947. The first-order valence-electron chi connectivity index (χ1n) is 5.40. The Morgan fingerprint density at radius 1 is 1.50 bits per heavy atom. The lowest BCUT2D eigenvalue weighted by Gasteiger charge is -2.26. The molecule has 0 aliphatic rings. The summed E-state index contributed by atoms with van der Waals surface area (Å²) in [6.07, 6.45) is 0.0505. The van der Waals surface area contributed by atoms with Crippen LogP contribution in [-0.4, -0.2) is 19.9 Å². The molecule has 0 bridgehead atoms. The lowest BCUT2D eigenvalue weighted by Crippen LogP contribution is -2.27. The van der Waals surface area contributed by atoms with Gasteiger partial charge in [0.1, 0.15) is 6.33 Å². The van der Waals surface area contributed by atoms with Crippen LogP contribution in [0.4, 0.5) is 4.39 Å². The van der Waals surface area contributed by atoms with Crippen molar-refractivity contribution in [2.75, 3.05) is 0 Å². The van der Waals surface area contributed by atoms with Crippen molar-refractivity contribution in [1.82, 2.24) is 14.8 Å². The summed E-state index contributed by atoms with van der Waals surface area (Å²) in [5.74, 6) is 0.194. The Kier molecular flexibility index (Phi) is 3.49. The number of halogens is 2. The van der Waals surface area contributed by atoms with Gasteiger partial charge in [-0.15, -0.1) is 10.2 Å². The number of hydrogen-bond acceptors (Lipinski definition) is 3. The fourth-order valence-electron chi connectivity index (χ4n) is 1.73. The number of nitrogens with zero attached hydrogens (tertiary/aromatic N) is 3. The monoisotopic (exact) mass is 313 g/mol.